The largest absolute Gasteiger partial charge is 0.383 e. The lowest BCUT2D eigenvalue weighted by Crippen LogP contribution is -2.58. The Balaban J connectivity index is 2.16. The molecule has 1 spiro atoms. The van der Waals surface area contributed by atoms with E-state index in [1.54, 1.807) is 12.0 Å². The van der Waals surface area contributed by atoms with E-state index in [1.165, 1.54) is 0 Å². The number of rotatable bonds is 6. The molecule has 0 aliphatic carbocycles. The van der Waals surface area contributed by atoms with E-state index in [0.717, 1.165) is 4.90 Å². The third-order valence-electron chi connectivity index (χ3n) is 4.91. The average Bonchev–Trinajstić information content (AvgIpc) is 2.69. The number of urea groups is 1. The van der Waals surface area contributed by atoms with Gasteiger partial charge in [0.2, 0.25) is 5.91 Å². The van der Waals surface area contributed by atoms with E-state index < -0.39 is 17.5 Å². The highest BCUT2D eigenvalue weighted by molar-refractivity contribution is 6.09. The van der Waals surface area contributed by atoms with Crippen LogP contribution in [-0.4, -0.2) is 84.0 Å². The molecule has 2 aliphatic heterocycles. The molecule has 2 heterocycles. The highest BCUT2D eigenvalue weighted by Gasteiger charge is 2.57. The molecule has 0 bridgehead atoms. The summed E-state index contributed by atoms with van der Waals surface area (Å²) in [6.45, 7) is 6.08. The van der Waals surface area contributed by atoms with E-state index in [-0.39, 0.29) is 18.5 Å². The molecule has 2 aliphatic rings. The number of ether oxygens (including phenoxy) is 1. The van der Waals surface area contributed by atoms with Crippen molar-refractivity contribution in [2.75, 3.05) is 39.9 Å². The molecule has 0 radical (unpaired) electrons. The van der Waals surface area contributed by atoms with Crippen molar-refractivity contribution in [3.05, 3.63) is 0 Å². The van der Waals surface area contributed by atoms with Gasteiger partial charge in [-0.25, -0.2) is 4.79 Å². The van der Waals surface area contributed by atoms with Gasteiger partial charge in [0.1, 0.15) is 12.1 Å². The molecule has 0 aromatic rings. The second-order valence-corrected chi connectivity index (χ2v) is 6.26. The summed E-state index contributed by atoms with van der Waals surface area (Å²) in [7, 11) is 1.67. The molecule has 23 heavy (non-hydrogen) atoms. The van der Waals surface area contributed by atoms with Gasteiger partial charge in [0.15, 0.2) is 0 Å². The Hall–Kier alpha value is -1.67. The van der Waals surface area contributed by atoms with Gasteiger partial charge in [-0.3, -0.25) is 19.4 Å². The van der Waals surface area contributed by atoms with E-state index in [4.69, 9.17) is 10.5 Å². The maximum atomic E-state index is 12.8. The number of likely N-dealkylation sites (N-methyl/N-ethyl adjacent to an activating group) is 1. The molecular formula is C15H26N4O4. The molecule has 0 aromatic heterocycles. The summed E-state index contributed by atoms with van der Waals surface area (Å²) in [5, 5.41) is 0. The summed E-state index contributed by atoms with van der Waals surface area (Å²) >= 11 is 0. The topological polar surface area (TPSA) is 96.2 Å². The van der Waals surface area contributed by atoms with Gasteiger partial charge in [-0.1, -0.05) is 0 Å². The molecule has 0 aromatic carbocycles. The number of nitrogens with two attached hydrogens (primary N) is 1. The van der Waals surface area contributed by atoms with Crippen LogP contribution in [0, 0.1) is 0 Å². The van der Waals surface area contributed by atoms with Crippen LogP contribution < -0.4 is 5.73 Å². The van der Waals surface area contributed by atoms with E-state index in [1.807, 2.05) is 6.92 Å². The number of piperidine rings is 1. The van der Waals surface area contributed by atoms with Crippen LogP contribution in [0.15, 0.2) is 0 Å². The monoisotopic (exact) mass is 326 g/mol. The molecule has 1 atom stereocenters. The van der Waals surface area contributed by atoms with Crippen LogP contribution in [0.5, 0.6) is 0 Å². The molecule has 2 fully saturated rings. The van der Waals surface area contributed by atoms with Crippen molar-refractivity contribution in [1.82, 2.24) is 14.7 Å². The SMILES string of the molecule is CCN1C(=O)N(CC(N)=O)C(=O)C12CCN(C(C)COC)CC2. The van der Waals surface area contributed by atoms with E-state index >= 15 is 0 Å². The predicted molar refractivity (Wildman–Crippen MR) is 83.6 cm³/mol. The lowest BCUT2D eigenvalue weighted by Gasteiger charge is -2.43. The number of primary amides is 1. The molecule has 2 rings (SSSR count). The second kappa shape index (κ2) is 6.84. The lowest BCUT2D eigenvalue weighted by atomic mass is 9.85. The van der Waals surface area contributed by atoms with Crippen LogP contribution >= 0.6 is 0 Å². The predicted octanol–water partition coefficient (Wildman–Crippen LogP) is -0.375. The van der Waals surface area contributed by atoms with Crippen molar-refractivity contribution < 1.29 is 19.1 Å². The number of carbonyl (C=O) groups is 3. The van der Waals surface area contributed by atoms with Gasteiger partial charge in [-0.05, 0) is 26.7 Å². The number of nitrogens with zero attached hydrogens (tertiary/aromatic N) is 3. The summed E-state index contributed by atoms with van der Waals surface area (Å²) in [5.41, 5.74) is 4.34. The van der Waals surface area contributed by atoms with Crippen molar-refractivity contribution in [2.45, 2.75) is 38.3 Å². The van der Waals surface area contributed by atoms with Crippen LogP contribution in [0.4, 0.5) is 4.79 Å². The number of amides is 4. The first-order valence-electron chi connectivity index (χ1n) is 8.02. The molecule has 2 saturated heterocycles. The minimum absolute atomic E-state index is 0.265. The Kier molecular flexibility index (Phi) is 5.26. The number of hydrogen-bond donors (Lipinski definition) is 1. The Morgan fingerprint density at radius 2 is 1.96 bits per heavy atom. The summed E-state index contributed by atoms with van der Waals surface area (Å²) in [4.78, 5) is 41.3. The van der Waals surface area contributed by atoms with Crippen molar-refractivity contribution in [3.8, 4) is 0 Å². The Labute approximate surface area is 136 Å². The molecule has 0 saturated carbocycles. The maximum Gasteiger partial charge on any atom is 0.328 e. The van der Waals surface area contributed by atoms with Gasteiger partial charge in [-0.15, -0.1) is 0 Å². The molecule has 8 nitrogen and oxygen atoms in total. The minimum Gasteiger partial charge on any atom is -0.383 e. The first kappa shape index (κ1) is 17.7. The van der Waals surface area contributed by atoms with Gasteiger partial charge in [-0.2, -0.15) is 0 Å². The van der Waals surface area contributed by atoms with E-state index in [2.05, 4.69) is 11.8 Å². The standard InChI is InChI=1S/C15H26N4O4/c1-4-19-14(22)18(9-12(16)20)13(21)15(19)5-7-17(8-6-15)11(2)10-23-3/h11H,4-10H2,1-3H3,(H2,16,20). The van der Waals surface area contributed by atoms with Gasteiger partial charge in [0.25, 0.3) is 5.91 Å². The first-order chi connectivity index (χ1) is 10.9. The first-order valence-corrected chi connectivity index (χ1v) is 8.02. The maximum absolute atomic E-state index is 12.8. The number of hydrogen-bond acceptors (Lipinski definition) is 5. The summed E-state index contributed by atoms with van der Waals surface area (Å²) in [6, 6.07) is -0.143. The Morgan fingerprint density at radius 1 is 1.35 bits per heavy atom. The molecule has 2 N–H and O–H groups in total. The van der Waals surface area contributed by atoms with Gasteiger partial charge < -0.3 is 15.4 Å². The van der Waals surface area contributed by atoms with Gasteiger partial charge in [0.05, 0.1) is 6.61 Å². The number of imide groups is 1. The van der Waals surface area contributed by atoms with E-state index in [0.29, 0.717) is 39.1 Å². The van der Waals surface area contributed by atoms with Crippen LogP contribution in [0.1, 0.15) is 26.7 Å². The van der Waals surface area contributed by atoms with Crippen LogP contribution in [0.3, 0.4) is 0 Å². The summed E-state index contributed by atoms with van der Waals surface area (Å²) < 4.78 is 5.18. The van der Waals surface area contributed by atoms with Crippen LogP contribution in [-0.2, 0) is 14.3 Å². The zero-order chi connectivity index (χ0) is 17.2. The van der Waals surface area contributed by atoms with Crippen LogP contribution in [0.25, 0.3) is 0 Å². The average molecular weight is 326 g/mol. The Morgan fingerprint density at radius 3 is 2.43 bits per heavy atom. The van der Waals surface area contributed by atoms with Crippen molar-refractivity contribution in [1.29, 1.82) is 0 Å². The molecular weight excluding hydrogens is 300 g/mol. The highest BCUT2D eigenvalue weighted by Crippen LogP contribution is 2.37. The normalized spacial score (nSPS) is 22.9. The fourth-order valence-corrected chi connectivity index (χ4v) is 3.68. The molecule has 130 valence electrons. The minimum atomic E-state index is -0.829. The summed E-state index contributed by atoms with van der Waals surface area (Å²) in [5.74, 6) is -0.965. The zero-order valence-electron chi connectivity index (χ0n) is 14.1. The smallest absolute Gasteiger partial charge is 0.328 e. The lowest BCUT2D eigenvalue weighted by molar-refractivity contribution is -0.138. The Bertz CT molecular complexity index is 488. The van der Waals surface area contributed by atoms with E-state index in [9.17, 15) is 14.4 Å². The zero-order valence-corrected chi connectivity index (χ0v) is 14.1. The highest BCUT2D eigenvalue weighted by atomic mass is 16.5. The number of carbonyl (C=O) groups excluding carboxylic acids is 3. The van der Waals surface area contributed by atoms with Gasteiger partial charge >= 0.3 is 6.03 Å². The summed E-state index contributed by atoms with van der Waals surface area (Å²) in [6.07, 6.45) is 1.13. The van der Waals surface area contributed by atoms with Gasteiger partial charge in [0, 0.05) is 32.8 Å². The fraction of sp³-hybridized carbons (Fsp3) is 0.800. The second-order valence-electron chi connectivity index (χ2n) is 6.26. The fourth-order valence-electron chi connectivity index (χ4n) is 3.68. The third kappa shape index (κ3) is 3.05. The molecule has 8 heteroatoms. The third-order valence-corrected chi connectivity index (χ3v) is 4.91. The molecule has 4 amide bonds. The molecule has 1 unspecified atom stereocenters. The van der Waals surface area contributed by atoms with Crippen molar-refractivity contribution in [2.24, 2.45) is 5.73 Å². The van der Waals surface area contributed by atoms with Crippen molar-refractivity contribution >= 4 is 17.8 Å². The van der Waals surface area contributed by atoms with Crippen molar-refractivity contribution in [3.63, 3.8) is 0 Å². The number of methoxy groups -OCH3 is 1. The van der Waals surface area contributed by atoms with Crippen LogP contribution in [0.2, 0.25) is 0 Å². The quantitative estimate of drug-likeness (QED) is 0.672. The number of likely N-dealkylation sites (tertiary alicyclic amines) is 1.